The molecule has 0 fully saturated rings. The first-order valence-corrected chi connectivity index (χ1v) is 5.91. The van der Waals surface area contributed by atoms with Crippen LogP contribution in [0, 0.1) is 6.92 Å². The molecular weight excluding hydrogens is 240 g/mol. The van der Waals surface area contributed by atoms with Crippen molar-refractivity contribution in [3.05, 3.63) is 53.6 Å². The third kappa shape index (κ3) is 3.04. The molecule has 0 bridgehead atoms. The fourth-order valence-electron chi connectivity index (χ4n) is 1.67. The zero-order valence-electron chi connectivity index (χ0n) is 10.9. The number of nitrogens with one attached hydrogen (secondary N) is 1. The predicted molar refractivity (Wildman–Crippen MR) is 76.5 cm³/mol. The first-order chi connectivity index (χ1) is 9.10. The van der Waals surface area contributed by atoms with Gasteiger partial charge >= 0.3 is 0 Å². The molecule has 4 nitrogen and oxygen atoms in total. The molecule has 0 heterocycles. The Hall–Kier alpha value is -2.49. The number of hydrogen-bond acceptors (Lipinski definition) is 3. The van der Waals surface area contributed by atoms with Crippen LogP contribution in [0.1, 0.15) is 15.9 Å². The quantitative estimate of drug-likeness (QED) is 0.830. The number of methoxy groups -OCH3 is 1. The minimum atomic E-state index is -0.194. The SMILES string of the molecule is COc1ccc(N)c(NC(=O)c2ccc(C)cc2)c1. The molecule has 0 unspecified atom stereocenters. The van der Waals surface area contributed by atoms with E-state index in [1.807, 2.05) is 19.1 Å². The monoisotopic (exact) mass is 256 g/mol. The van der Waals surface area contributed by atoms with Gasteiger partial charge in [-0.25, -0.2) is 0 Å². The van der Waals surface area contributed by atoms with Gasteiger partial charge in [-0.15, -0.1) is 0 Å². The van der Waals surface area contributed by atoms with Crippen molar-refractivity contribution in [2.75, 3.05) is 18.2 Å². The summed E-state index contributed by atoms with van der Waals surface area (Å²) in [6, 6.07) is 12.5. The molecule has 2 aromatic rings. The van der Waals surface area contributed by atoms with E-state index in [0.29, 0.717) is 22.7 Å². The Bertz CT molecular complexity index is 592. The molecule has 0 saturated carbocycles. The number of amides is 1. The smallest absolute Gasteiger partial charge is 0.255 e. The normalized spacial score (nSPS) is 10.0. The molecule has 2 aromatic carbocycles. The molecule has 0 spiro atoms. The number of ether oxygens (including phenoxy) is 1. The summed E-state index contributed by atoms with van der Waals surface area (Å²) in [5.41, 5.74) is 8.57. The molecule has 0 aromatic heterocycles. The molecule has 0 radical (unpaired) electrons. The highest BCUT2D eigenvalue weighted by molar-refractivity contribution is 6.05. The molecule has 98 valence electrons. The zero-order chi connectivity index (χ0) is 13.8. The average Bonchev–Trinajstić information content (AvgIpc) is 2.42. The number of rotatable bonds is 3. The van der Waals surface area contributed by atoms with Gasteiger partial charge in [-0.3, -0.25) is 4.79 Å². The number of carbonyl (C=O) groups excluding carboxylic acids is 1. The van der Waals surface area contributed by atoms with Gasteiger partial charge in [0.1, 0.15) is 5.75 Å². The molecule has 3 N–H and O–H groups in total. The lowest BCUT2D eigenvalue weighted by atomic mass is 10.1. The van der Waals surface area contributed by atoms with Crippen LogP contribution in [0.15, 0.2) is 42.5 Å². The molecule has 2 rings (SSSR count). The Kier molecular flexibility index (Phi) is 3.71. The maximum atomic E-state index is 12.1. The molecule has 0 aliphatic carbocycles. The molecule has 19 heavy (non-hydrogen) atoms. The molecule has 4 heteroatoms. The van der Waals surface area contributed by atoms with Crippen molar-refractivity contribution in [1.82, 2.24) is 0 Å². The summed E-state index contributed by atoms with van der Waals surface area (Å²) in [4.78, 5) is 12.1. The third-order valence-corrected chi connectivity index (χ3v) is 2.82. The highest BCUT2D eigenvalue weighted by Crippen LogP contribution is 2.24. The van der Waals surface area contributed by atoms with Crippen LogP contribution >= 0.6 is 0 Å². The van der Waals surface area contributed by atoms with Crippen molar-refractivity contribution < 1.29 is 9.53 Å². The Morgan fingerprint density at radius 1 is 1.16 bits per heavy atom. The van der Waals surface area contributed by atoms with E-state index in [9.17, 15) is 4.79 Å². The topological polar surface area (TPSA) is 64.3 Å². The second kappa shape index (κ2) is 5.44. The van der Waals surface area contributed by atoms with Gasteiger partial charge in [0.15, 0.2) is 0 Å². The van der Waals surface area contributed by atoms with E-state index in [-0.39, 0.29) is 5.91 Å². The molecule has 0 saturated heterocycles. The van der Waals surface area contributed by atoms with E-state index < -0.39 is 0 Å². The van der Waals surface area contributed by atoms with Gasteiger partial charge in [0.05, 0.1) is 18.5 Å². The molecule has 0 aliphatic heterocycles. The number of nitrogens with two attached hydrogens (primary N) is 1. The maximum absolute atomic E-state index is 12.1. The Morgan fingerprint density at radius 3 is 2.47 bits per heavy atom. The second-order valence-electron chi connectivity index (χ2n) is 4.27. The standard InChI is InChI=1S/C15H16N2O2/c1-10-3-5-11(6-4-10)15(18)17-14-9-12(19-2)7-8-13(14)16/h3-9H,16H2,1-2H3,(H,17,18). The van der Waals surface area contributed by atoms with Crippen LogP contribution < -0.4 is 15.8 Å². The summed E-state index contributed by atoms with van der Waals surface area (Å²) < 4.78 is 5.11. The van der Waals surface area contributed by atoms with E-state index in [1.165, 1.54) is 0 Å². The Morgan fingerprint density at radius 2 is 1.84 bits per heavy atom. The highest BCUT2D eigenvalue weighted by atomic mass is 16.5. The van der Waals surface area contributed by atoms with Crippen molar-refractivity contribution in [3.8, 4) is 5.75 Å². The van der Waals surface area contributed by atoms with E-state index in [4.69, 9.17) is 10.5 Å². The van der Waals surface area contributed by atoms with Crippen LogP contribution in [0.5, 0.6) is 5.75 Å². The van der Waals surface area contributed by atoms with E-state index in [1.54, 1.807) is 37.4 Å². The van der Waals surface area contributed by atoms with Crippen LogP contribution in [-0.2, 0) is 0 Å². The lowest BCUT2D eigenvalue weighted by Crippen LogP contribution is -2.13. The van der Waals surface area contributed by atoms with Crippen LogP contribution in [0.2, 0.25) is 0 Å². The van der Waals surface area contributed by atoms with Gasteiger partial charge in [-0.05, 0) is 31.2 Å². The van der Waals surface area contributed by atoms with E-state index in [2.05, 4.69) is 5.32 Å². The lowest BCUT2D eigenvalue weighted by Gasteiger charge is -2.10. The summed E-state index contributed by atoms with van der Waals surface area (Å²) in [6.45, 7) is 1.97. The van der Waals surface area contributed by atoms with Crippen LogP contribution in [0.3, 0.4) is 0 Å². The third-order valence-electron chi connectivity index (χ3n) is 2.82. The summed E-state index contributed by atoms with van der Waals surface area (Å²) in [5.74, 6) is 0.452. The molecule has 1 amide bonds. The largest absolute Gasteiger partial charge is 0.497 e. The summed E-state index contributed by atoms with van der Waals surface area (Å²) in [6.07, 6.45) is 0. The van der Waals surface area contributed by atoms with Crippen molar-refractivity contribution >= 4 is 17.3 Å². The van der Waals surface area contributed by atoms with Gasteiger partial charge in [0, 0.05) is 11.6 Å². The number of nitrogen functional groups attached to an aromatic ring is 1. The second-order valence-corrected chi connectivity index (χ2v) is 4.27. The average molecular weight is 256 g/mol. The van der Waals surface area contributed by atoms with E-state index >= 15 is 0 Å². The lowest BCUT2D eigenvalue weighted by molar-refractivity contribution is 0.102. The van der Waals surface area contributed by atoms with Gasteiger partial charge in [-0.2, -0.15) is 0 Å². The van der Waals surface area contributed by atoms with Crippen molar-refractivity contribution in [2.24, 2.45) is 0 Å². The number of benzene rings is 2. The van der Waals surface area contributed by atoms with Gasteiger partial charge in [0.2, 0.25) is 0 Å². The summed E-state index contributed by atoms with van der Waals surface area (Å²) in [7, 11) is 1.57. The fraction of sp³-hybridized carbons (Fsp3) is 0.133. The summed E-state index contributed by atoms with van der Waals surface area (Å²) in [5, 5.41) is 2.78. The number of carbonyl (C=O) groups is 1. The van der Waals surface area contributed by atoms with Gasteiger partial charge < -0.3 is 15.8 Å². The Balaban J connectivity index is 2.21. The van der Waals surface area contributed by atoms with Gasteiger partial charge in [-0.1, -0.05) is 17.7 Å². The van der Waals surface area contributed by atoms with Gasteiger partial charge in [0.25, 0.3) is 5.91 Å². The van der Waals surface area contributed by atoms with Crippen molar-refractivity contribution in [3.63, 3.8) is 0 Å². The molecular formula is C15H16N2O2. The van der Waals surface area contributed by atoms with Crippen molar-refractivity contribution in [1.29, 1.82) is 0 Å². The number of anilines is 2. The molecule has 0 aliphatic rings. The van der Waals surface area contributed by atoms with Crippen molar-refractivity contribution in [2.45, 2.75) is 6.92 Å². The minimum absolute atomic E-state index is 0.194. The number of hydrogen-bond donors (Lipinski definition) is 2. The Labute approximate surface area is 112 Å². The first kappa shape index (κ1) is 13.0. The zero-order valence-corrected chi connectivity index (χ0v) is 10.9. The van der Waals surface area contributed by atoms with Crippen LogP contribution in [0.4, 0.5) is 11.4 Å². The summed E-state index contributed by atoms with van der Waals surface area (Å²) >= 11 is 0. The minimum Gasteiger partial charge on any atom is -0.497 e. The molecule has 0 atom stereocenters. The first-order valence-electron chi connectivity index (χ1n) is 5.91. The maximum Gasteiger partial charge on any atom is 0.255 e. The van der Waals surface area contributed by atoms with Crippen LogP contribution in [0.25, 0.3) is 0 Å². The predicted octanol–water partition coefficient (Wildman–Crippen LogP) is 2.84. The van der Waals surface area contributed by atoms with Crippen LogP contribution in [-0.4, -0.2) is 13.0 Å². The number of aryl methyl sites for hydroxylation is 1. The fourth-order valence-corrected chi connectivity index (χ4v) is 1.67. The highest BCUT2D eigenvalue weighted by Gasteiger charge is 2.08. The van der Waals surface area contributed by atoms with E-state index in [0.717, 1.165) is 5.56 Å².